The Labute approximate surface area is 123 Å². The lowest BCUT2D eigenvalue weighted by atomic mass is 9.83. The molecule has 1 aromatic rings. The van der Waals surface area contributed by atoms with Gasteiger partial charge in [0.25, 0.3) is 0 Å². The van der Waals surface area contributed by atoms with Crippen molar-refractivity contribution in [2.45, 2.75) is 26.2 Å². The molecule has 0 spiro atoms. The Hall–Kier alpha value is -1.55. The van der Waals surface area contributed by atoms with Gasteiger partial charge in [-0.2, -0.15) is 0 Å². The third kappa shape index (κ3) is 1.67. The smallest absolute Gasteiger partial charge is 0.237 e. The number of ketones is 1. The zero-order valence-electron chi connectivity index (χ0n) is 11.9. The van der Waals surface area contributed by atoms with Crippen molar-refractivity contribution in [2.24, 2.45) is 0 Å². The van der Waals surface area contributed by atoms with E-state index in [2.05, 4.69) is 13.8 Å². The van der Waals surface area contributed by atoms with Gasteiger partial charge in [-0.1, -0.05) is 49.9 Å². The molecule has 0 atom stereocenters. The van der Waals surface area contributed by atoms with E-state index in [1.54, 1.807) is 4.90 Å². The van der Waals surface area contributed by atoms with E-state index in [0.717, 1.165) is 21.7 Å². The van der Waals surface area contributed by atoms with Crippen LogP contribution in [0.2, 0.25) is 0 Å². The van der Waals surface area contributed by atoms with Gasteiger partial charge in [-0.05, 0) is 12.5 Å². The van der Waals surface area contributed by atoms with Crippen molar-refractivity contribution < 1.29 is 9.59 Å². The van der Waals surface area contributed by atoms with E-state index in [1.165, 1.54) is 11.8 Å². The molecule has 2 aliphatic rings. The van der Waals surface area contributed by atoms with Gasteiger partial charge in [0.1, 0.15) is 0 Å². The lowest BCUT2D eigenvalue weighted by Gasteiger charge is -2.25. The molecule has 1 aromatic carbocycles. The third-order valence-corrected chi connectivity index (χ3v) is 5.19. The number of thioether (sulfide) groups is 1. The van der Waals surface area contributed by atoms with Crippen LogP contribution in [-0.4, -0.2) is 28.9 Å². The monoisotopic (exact) mass is 287 g/mol. The topological polar surface area (TPSA) is 37.4 Å². The van der Waals surface area contributed by atoms with Gasteiger partial charge in [-0.3, -0.25) is 9.59 Å². The number of hydrogen-bond acceptors (Lipinski definition) is 3. The first-order chi connectivity index (χ1) is 9.48. The minimum Gasteiger partial charge on any atom is -0.306 e. The van der Waals surface area contributed by atoms with Gasteiger partial charge < -0.3 is 4.90 Å². The maximum Gasteiger partial charge on any atom is 0.237 e. The third-order valence-electron chi connectivity index (χ3n) is 4.11. The van der Waals surface area contributed by atoms with E-state index in [-0.39, 0.29) is 17.1 Å². The van der Waals surface area contributed by atoms with Gasteiger partial charge in [0.05, 0.1) is 10.8 Å². The van der Waals surface area contributed by atoms with Gasteiger partial charge in [0.15, 0.2) is 5.78 Å². The summed E-state index contributed by atoms with van der Waals surface area (Å²) in [6, 6.07) is 7.75. The van der Waals surface area contributed by atoms with Crippen LogP contribution in [0.25, 0.3) is 0 Å². The molecule has 20 heavy (non-hydrogen) atoms. The van der Waals surface area contributed by atoms with E-state index in [1.807, 2.05) is 31.2 Å². The van der Waals surface area contributed by atoms with Crippen LogP contribution < -0.4 is 0 Å². The molecule has 1 aliphatic heterocycles. The molecule has 0 aromatic heterocycles. The van der Waals surface area contributed by atoms with Crippen molar-refractivity contribution in [1.82, 2.24) is 4.90 Å². The fourth-order valence-electron chi connectivity index (χ4n) is 3.07. The highest BCUT2D eigenvalue weighted by Crippen LogP contribution is 2.47. The molecule has 0 bridgehead atoms. The zero-order valence-corrected chi connectivity index (χ0v) is 12.7. The largest absolute Gasteiger partial charge is 0.306 e. The molecule has 1 amide bonds. The predicted molar refractivity (Wildman–Crippen MR) is 80.7 cm³/mol. The van der Waals surface area contributed by atoms with Gasteiger partial charge in [0.2, 0.25) is 5.91 Å². The number of nitrogens with zero attached hydrogens (tertiary/aromatic N) is 1. The number of amides is 1. The van der Waals surface area contributed by atoms with Crippen molar-refractivity contribution in [1.29, 1.82) is 0 Å². The van der Waals surface area contributed by atoms with Gasteiger partial charge in [-0.25, -0.2) is 0 Å². The summed E-state index contributed by atoms with van der Waals surface area (Å²) in [6.07, 6.45) is 0. The number of allylic oxidation sites excluding steroid dienone is 1. The normalized spacial score (nSPS) is 24.4. The molecule has 0 radical (unpaired) electrons. The lowest BCUT2D eigenvalue weighted by Crippen LogP contribution is -2.28. The SMILES string of the molecule is CCN1C(=O)CS/C1=C1\C(=O)c2ccccc2C1(C)C. The standard InChI is InChI=1S/C16H17NO2S/c1-4-17-12(18)9-20-15(17)13-14(19)10-7-5-6-8-11(10)16(13,2)3/h5-8H,4,9H2,1-3H3/b15-13+. The number of hydrogen-bond donors (Lipinski definition) is 0. The fourth-order valence-corrected chi connectivity index (χ4v) is 4.36. The Morgan fingerprint density at radius 3 is 2.60 bits per heavy atom. The van der Waals surface area contributed by atoms with Crippen LogP contribution >= 0.6 is 11.8 Å². The number of benzene rings is 1. The highest BCUT2D eigenvalue weighted by atomic mass is 32.2. The fraction of sp³-hybridized carbons (Fsp3) is 0.375. The first kappa shape index (κ1) is 13.4. The van der Waals surface area contributed by atoms with E-state index in [4.69, 9.17) is 0 Å². The van der Waals surface area contributed by atoms with E-state index >= 15 is 0 Å². The Morgan fingerprint density at radius 1 is 1.25 bits per heavy atom. The highest BCUT2D eigenvalue weighted by molar-refractivity contribution is 8.04. The van der Waals surface area contributed by atoms with E-state index < -0.39 is 0 Å². The predicted octanol–water partition coefficient (Wildman–Crippen LogP) is 2.97. The molecule has 1 aliphatic carbocycles. The molecule has 0 saturated carbocycles. The molecule has 1 fully saturated rings. The Kier molecular flexibility index (Phi) is 3.01. The molecule has 0 N–H and O–H groups in total. The molecule has 4 heteroatoms. The quantitative estimate of drug-likeness (QED) is 0.745. The molecule has 104 valence electrons. The summed E-state index contributed by atoms with van der Waals surface area (Å²) in [5.41, 5.74) is 2.27. The Bertz CT molecular complexity index is 646. The van der Waals surface area contributed by atoms with Crippen molar-refractivity contribution in [3.8, 4) is 0 Å². The first-order valence-corrected chi connectivity index (χ1v) is 7.79. The van der Waals surface area contributed by atoms with E-state index in [9.17, 15) is 9.59 Å². The first-order valence-electron chi connectivity index (χ1n) is 6.80. The van der Waals surface area contributed by atoms with Gasteiger partial charge >= 0.3 is 0 Å². The van der Waals surface area contributed by atoms with Gasteiger partial charge in [-0.15, -0.1) is 0 Å². The van der Waals surface area contributed by atoms with Crippen molar-refractivity contribution >= 4 is 23.5 Å². The molecule has 0 unspecified atom stereocenters. The van der Waals surface area contributed by atoms with E-state index in [0.29, 0.717) is 12.3 Å². The minimum absolute atomic E-state index is 0.0706. The molecular weight excluding hydrogens is 270 g/mol. The average molecular weight is 287 g/mol. The van der Waals surface area contributed by atoms with Crippen LogP contribution in [0.15, 0.2) is 34.9 Å². The molecular formula is C16H17NO2S. The Balaban J connectivity index is 2.22. The molecule has 3 rings (SSSR count). The summed E-state index contributed by atoms with van der Waals surface area (Å²) in [5.74, 6) is 0.604. The van der Waals surface area contributed by atoms with Crippen LogP contribution in [0, 0.1) is 0 Å². The summed E-state index contributed by atoms with van der Waals surface area (Å²) >= 11 is 1.49. The van der Waals surface area contributed by atoms with Gasteiger partial charge in [0, 0.05) is 23.1 Å². The summed E-state index contributed by atoms with van der Waals surface area (Å²) in [5, 5.41) is 0.851. The maximum absolute atomic E-state index is 12.8. The second-order valence-electron chi connectivity index (χ2n) is 5.61. The molecule has 3 nitrogen and oxygen atoms in total. The summed E-state index contributed by atoms with van der Waals surface area (Å²) in [6.45, 7) is 6.70. The molecule has 1 heterocycles. The second-order valence-corrected chi connectivity index (χ2v) is 6.57. The number of carbonyl (C=O) groups is 2. The summed E-state index contributed by atoms with van der Waals surface area (Å²) < 4.78 is 0. The van der Waals surface area contributed by atoms with Crippen LogP contribution in [0.4, 0.5) is 0 Å². The van der Waals surface area contributed by atoms with Crippen LogP contribution in [0.5, 0.6) is 0 Å². The second kappa shape index (κ2) is 4.48. The summed E-state index contributed by atoms with van der Waals surface area (Å²) in [4.78, 5) is 26.4. The number of rotatable bonds is 1. The molecule has 1 saturated heterocycles. The van der Waals surface area contributed by atoms with Crippen LogP contribution in [0.1, 0.15) is 36.7 Å². The number of Topliss-reactive ketones (excluding diaryl/α,β-unsaturated/α-hetero) is 1. The minimum atomic E-state index is -0.339. The number of fused-ring (bicyclic) bond motifs is 1. The van der Waals surface area contributed by atoms with Crippen molar-refractivity contribution in [2.75, 3.05) is 12.3 Å². The zero-order chi connectivity index (χ0) is 14.5. The Morgan fingerprint density at radius 2 is 1.95 bits per heavy atom. The number of carbonyl (C=O) groups excluding carboxylic acids is 2. The lowest BCUT2D eigenvalue weighted by molar-refractivity contribution is -0.125. The summed E-state index contributed by atoms with van der Waals surface area (Å²) in [7, 11) is 0. The maximum atomic E-state index is 12.8. The van der Waals surface area contributed by atoms with Crippen LogP contribution in [0.3, 0.4) is 0 Å². The van der Waals surface area contributed by atoms with Crippen molar-refractivity contribution in [3.05, 3.63) is 46.0 Å². The van der Waals surface area contributed by atoms with Crippen molar-refractivity contribution in [3.63, 3.8) is 0 Å². The highest BCUT2D eigenvalue weighted by Gasteiger charge is 2.45. The average Bonchev–Trinajstić information content (AvgIpc) is 2.87. The van der Waals surface area contributed by atoms with Crippen LogP contribution in [-0.2, 0) is 10.2 Å².